The van der Waals surface area contributed by atoms with E-state index in [0.29, 0.717) is 49.9 Å². The Labute approximate surface area is 177 Å². The van der Waals surface area contributed by atoms with Gasteiger partial charge in [-0.2, -0.15) is 0 Å². The highest BCUT2D eigenvalue weighted by Crippen LogP contribution is 2.34. The molecule has 29 heavy (non-hydrogen) atoms. The number of benzene rings is 1. The second kappa shape index (κ2) is 9.46. The van der Waals surface area contributed by atoms with Gasteiger partial charge in [-0.1, -0.05) is 30.3 Å². The number of likely N-dealkylation sites (tertiary alicyclic amines) is 2. The van der Waals surface area contributed by atoms with Crippen LogP contribution in [0, 0.1) is 11.8 Å². The van der Waals surface area contributed by atoms with E-state index in [1.807, 2.05) is 28.0 Å². The molecule has 0 bridgehead atoms. The summed E-state index contributed by atoms with van der Waals surface area (Å²) in [5.41, 5.74) is 7.84. The lowest BCUT2D eigenvalue weighted by atomic mass is 9.89. The molecule has 6 nitrogen and oxygen atoms in total. The van der Waals surface area contributed by atoms with Crippen molar-refractivity contribution in [1.82, 2.24) is 9.80 Å². The van der Waals surface area contributed by atoms with E-state index in [0.717, 1.165) is 13.1 Å². The van der Waals surface area contributed by atoms with E-state index in [4.69, 9.17) is 10.2 Å². The van der Waals surface area contributed by atoms with Crippen LogP contribution in [0.5, 0.6) is 0 Å². The van der Waals surface area contributed by atoms with Gasteiger partial charge in [0.05, 0.1) is 11.8 Å². The third-order valence-electron chi connectivity index (χ3n) is 6.18. The Bertz CT molecular complexity index is 804. The monoisotopic (exact) mass is 417 g/mol. The molecule has 2 atom stereocenters. The maximum absolute atomic E-state index is 13.1. The number of nitrogens with two attached hydrogens (primary N) is 1. The highest BCUT2D eigenvalue weighted by molar-refractivity contribution is 5.94. The van der Waals surface area contributed by atoms with Gasteiger partial charge in [-0.15, -0.1) is 12.4 Å². The van der Waals surface area contributed by atoms with Crippen LogP contribution >= 0.6 is 12.4 Å². The predicted molar refractivity (Wildman–Crippen MR) is 113 cm³/mol. The van der Waals surface area contributed by atoms with E-state index in [1.54, 1.807) is 6.07 Å². The lowest BCUT2D eigenvalue weighted by molar-refractivity contribution is -0.136. The first-order chi connectivity index (χ1) is 13.7. The number of hydrogen-bond acceptors (Lipinski definition) is 4. The Morgan fingerprint density at radius 2 is 1.76 bits per heavy atom. The first-order valence-corrected chi connectivity index (χ1v) is 10.0. The molecule has 0 saturated carbocycles. The van der Waals surface area contributed by atoms with E-state index in [2.05, 4.69) is 12.1 Å². The van der Waals surface area contributed by atoms with Gasteiger partial charge in [0.15, 0.2) is 0 Å². The van der Waals surface area contributed by atoms with Crippen molar-refractivity contribution < 1.29 is 14.0 Å². The molecule has 2 aromatic rings. The first kappa shape index (κ1) is 21.4. The summed E-state index contributed by atoms with van der Waals surface area (Å²) >= 11 is 0. The van der Waals surface area contributed by atoms with E-state index in [1.165, 1.54) is 18.1 Å². The number of furan rings is 1. The Hall–Kier alpha value is -2.31. The van der Waals surface area contributed by atoms with Crippen molar-refractivity contribution in [3.63, 3.8) is 0 Å². The number of halogens is 1. The van der Waals surface area contributed by atoms with Crippen LogP contribution < -0.4 is 5.73 Å². The third kappa shape index (κ3) is 4.49. The first-order valence-electron chi connectivity index (χ1n) is 10.0. The minimum absolute atomic E-state index is 0. The van der Waals surface area contributed by atoms with Crippen LogP contribution in [0.15, 0.2) is 53.3 Å². The van der Waals surface area contributed by atoms with Crippen molar-refractivity contribution in [1.29, 1.82) is 0 Å². The summed E-state index contributed by atoms with van der Waals surface area (Å²) in [5, 5.41) is 0. The highest BCUT2D eigenvalue weighted by atomic mass is 35.5. The van der Waals surface area contributed by atoms with Gasteiger partial charge in [0.25, 0.3) is 5.91 Å². The maximum Gasteiger partial charge on any atom is 0.257 e. The van der Waals surface area contributed by atoms with Gasteiger partial charge in [0.2, 0.25) is 5.91 Å². The molecule has 2 aliphatic heterocycles. The van der Waals surface area contributed by atoms with Gasteiger partial charge in [-0.25, -0.2) is 0 Å². The van der Waals surface area contributed by atoms with E-state index >= 15 is 0 Å². The smallest absolute Gasteiger partial charge is 0.257 e. The van der Waals surface area contributed by atoms with Gasteiger partial charge in [-0.3, -0.25) is 9.59 Å². The van der Waals surface area contributed by atoms with E-state index in [9.17, 15) is 9.59 Å². The summed E-state index contributed by atoms with van der Waals surface area (Å²) in [6.45, 7) is 3.26. The molecule has 0 spiro atoms. The van der Waals surface area contributed by atoms with Crippen LogP contribution in [0.2, 0.25) is 0 Å². The standard InChI is InChI=1S/C22H27N3O3.ClH/c23-12-19-13-25(14-20(19)16-4-2-1-3-5-16)21(26)17-6-9-24(10-7-17)22(27)18-8-11-28-15-18;/h1-5,8,11,15,17,19-20H,6-7,9-10,12-14,23H2;1H/t19-,20+;/m1./s1. The van der Waals surface area contributed by atoms with Crippen molar-refractivity contribution >= 4 is 24.2 Å². The number of carbonyl (C=O) groups excluding carboxylic acids is 2. The van der Waals surface area contributed by atoms with E-state index < -0.39 is 0 Å². The SMILES string of the molecule is Cl.NC[C@@H]1CN(C(=O)C2CCN(C(=O)c3ccoc3)CC2)C[C@H]1c1ccccc1. The second-order valence-corrected chi connectivity index (χ2v) is 7.83. The van der Waals surface area contributed by atoms with Gasteiger partial charge in [0, 0.05) is 38.0 Å². The fourth-order valence-electron chi connectivity index (χ4n) is 4.52. The van der Waals surface area contributed by atoms with E-state index in [-0.39, 0.29) is 30.1 Å². The Morgan fingerprint density at radius 3 is 2.38 bits per heavy atom. The molecular formula is C22H28ClN3O3. The van der Waals surface area contributed by atoms with Gasteiger partial charge in [-0.05, 0) is 36.9 Å². The molecule has 2 saturated heterocycles. The van der Waals surface area contributed by atoms with Crippen LogP contribution in [-0.4, -0.2) is 54.3 Å². The minimum atomic E-state index is -0.0202. The van der Waals surface area contributed by atoms with Crippen molar-refractivity contribution in [2.24, 2.45) is 17.6 Å². The summed E-state index contributed by atoms with van der Waals surface area (Å²) in [4.78, 5) is 29.3. The number of rotatable bonds is 4. The largest absolute Gasteiger partial charge is 0.472 e. The predicted octanol–water partition coefficient (Wildman–Crippen LogP) is 2.75. The molecule has 2 amide bonds. The van der Waals surface area contributed by atoms with Gasteiger partial charge < -0.3 is 20.0 Å². The molecule has 2 aliphatic rings. The highest BCUT2D eigenvalue weighted by Gasteiger charge is 2.38. The molecule has 2 N–H and O–H groups in total. The zero-order valence-electron chi connectivity index (χ0n) is 16.4. The lowest BCUT2D eigenvalue weighted by Crippen LogP contribution is -2.44. The third-order valence-corrected chi connectivity index (χ3v) is 6.18. The van der Waals surface area contributed by atoms with Crippen molar-refractivity contribution in [3.8, 4) is 0 Å². The molecule has 1 aromatic heterocycles. The molecule has 156 valence electrons. The minimum Gasteiger partial charge on any atom is -0.472 e. The van der Waals surface area contributed by atoms with Crippen LogP contribution in [0.3, 0.4) is 0 Å². The number of carbonyl (C=O) groups is 2. The maximum atomic E-state index is 13.1. The average Bonchev–Trinajstić information content (AvgIpc) is 3.43. The van der Waals surface area contributed by atoms with Crippen LogP contribution in [-0.2, 0) is 4.79 Å². The molecule has 0 radical (unpaired) electrons. The van der Waals surface area contributed by atoms with Gasteiger partial charge in [0.1, 0.15) is 6.26 Å². The van der Waals surface area contributed by atoms with Crippen LogP contribution in [0.25, 0.3) is 0 Å². The van der Waals surface area contributed by atoms with Crippen LogP contribution in [0.1, 0.15) is 34.7 Å². The Kier molecular flexibility index (Phi) is 6.98. The molecule has 3 heterocycles. The second-order valence-electron chi connectivity index (χ2n) is 7.83. The van der Waals surface area contributed by atoms with Crippen LogP contribution in [0.4, 0.5) is 0 Å². The molecule has 2 fully saturated rings. The number of piperidine rings is 1. The molecule has 1 aromatic carbocycles. The molecule has 4 rings (SSSR count). The summed E-state index contributed by atoms with van der Waals surface area (Å²) in [6.07, 6.45) is 4.40. The fourth-order valence-corrected chi connectivity index (χ4v) is 4.52. The number of hydrogen-bond donors (Lipinski definition) is 1. The zero-order valence-corrected chi connectivity index (χ0v) is 17.2. The Balaban J connectivity index is 0.00000240. The fraction of sp³-hybridized carbons (Fsp3) is 0.455. The number of amides is 2. The van der Waals surface area contributed by atoms with Crippen molar-refractivity contribution in [3.05, 3.63) is 60.1 Å². The lowest BCUT2D eigenvalue weighted by Gasteiger charge is -2.33. The molecule has 0 unspecified atom stereocenters. The summed E-state index contributed by atoms with van der Waals surface area (Å²) in [7, 11) is 0. The molecule has 0 aliphatic carbocycles. The summed E-state index contributed by atoms with van der Waals surface area (Å²) < 4.78 is 5.00. The van der Waals surface area contributed by atoms with Crippen molar-refractivity contribution in [2.75, 3.05) is 32.7 Å². The summed E-state index contributed by atoms with van der Waals surface area (Å²) in [5.74, 6) is 0.786. The molecule has 7 heteroatoms. The average molecular weight is 418 g/mol. The normalized spacial score (nSPS) is 22.4. The van der Waals surface area contributed by atoms with Gasteiger partial charge >= 0.3 is 0 Å². The van der Waals surface area contributed by atoms with Crippen molar-refractivity contribution in [2.45, 2.75) is 18.8 Å². The number of nitrogens with zero attached hydrogens (tertiary/aromatic N) is 2. The topological polar surface area (TPSA) is 79.8 Å². The Morgan fingerprint density at radius 1 is 1.03 bits per heavy atom. The molecular weight excluding hydrogens is 390 g/mol. The summed E-state index contributed by atoms with van der Waals surface area (Å²) in [6, 6.07) is 12.0. The quantitative estimate of drug-likeness (QED) is 0.829. The zero-order chi connectivity index (χ0) is 19.5.